The van der Waals surface area contributed by atoms with Gasteiger partial charge < -0.3 is 24.5 Å². The quantitative estimate of drug-likeness (QED) is 0.247. The van der Waals surface area contributed by atoms with E-state index in [1.165, 1.54) is 27.2 Å². The minimum atomic E-state index is -4.11. The summed E-state index contributed by atoms with van der Waals surface area (Å²) in [5.74, 6) is -1.97. The summed E-state index contributed by atoms with van der Waals surface area (Å²) in [6.45, 7) is 4.28. The van der Waals surface area contributed by atoms with E-state index in [1.807, 2.05) is 0 Å². The van der Waals surface area contributed by atoms with Gasteiger partial charge in [0.2, 0.25) is 0 Å². The van der Waals surface area contributed by atoms with Crippen molar-refractivity contribution >= 4 is 25.6 Å². The molecule has 0 saturated carbocycles. The molecule has 37 heavy (non-hydrogen) atoms. The van der Waals surface area contributed by atoms with Gasteiger partial charge in [0.15, 0.2) is 18.5 Å². The summed E-state index contributed by atoms with van der Waals surface area (Å²) >= 11 is 0. The summed E-state index contributed by atoms with van der Waals surface area (Å²) in [4.78, 5) is 35.4. The zero-order valence-corrected chi connectivity index (χ0v) is 21.8. The molecule has 1 aromatic carbocycles. The Kier molecular flexibility index (Phi) is 9.39. The molecule has 0 aliphatic carbocycles. The second kappa shape index (κ2) is 12.3. The molecule has 0 spiro atoms. The van der Waals surface area contributed by atoms with Gasteiger partial charge in [-0.05, 0) is 25.1 Å². The first kappa shape index (κ1) is 28.3. The van der Waals surface area contributed by atoms with E-state index in [2.05, 4.69) is 5.09 Å². The van der Waals surface area contributed by atoms with Crippen LogP contribution in [0.2, 0.25) is 0 Å². The lowest BCUT2D eigenvalue weighted by Gasteiger charge is -2.24. The molecule has 12 nitrogen and oxygen atoms in total. The molecule has 2 heterocycles. The second-order valence-electron chi connectivity index (χ2n) is 8.47. The highest BCUT2D eigenvalue weighted by atomic mass is 31.2. The molecular weight excluding hydrogens is 505 g/mol. The first-order chi connectivity index (χ1) is 17.5. The van der Waals surface area contributed by atoms with Crippen molar-refractivity contribution in [3.8, 4) is 5.75 Å². The molecule has 0 bridgehead atoms. The van der Waals surface area contributed by atoms with Crippen LogP contribution in [0.1, 0.15) is 37.4 Å². The van der Waals surface area contributed by atoms with Crippen molar-refractivity contribution in [2.45, 2.75) is 45.2 Å². The van der Waals surface area contributed by atoms with E-state index in [9.17, 15) is 18.9 Å². The first-order valence-corrected chi connectivity index (χ1v) is 13.1. The van der Waals surface area contributed by atoms with Crippen LogP contribution in [0.5, 0.6) is 5.75 Å². The fourth-order valence-electron chi connectivity index (χ4n) is 3.78. The van der Waals surface area contributed by atoms with Crippen molar-refractivity contribution in [1.82, 2.24) is 5.09 Å². The number of methoxy groups -OCH3 is 1. The Morgan fingerprint density at radius 3 is 2.51 bits per heavy atom. The van der Waals surface area contributed by atoms with Crippen LogP contribution in [0.15, 0.2) is 54.9 Å². The summed E-state index contributed by atoms with van der Waals surface area (Å²) in [6, 6.07) is 10.5. The first-order valence-electron chi connectivity index (χ1n) is 11.5. The van der Waals surface area contributed by atoms with Gasteiger partial charge in [-0.15, -0.1) is 0 Å². The number of para-hydroxylation sites is 1. The molecule has 1 aliphatic heterocycles. The van der Waals surface area contributed by atoms with Crippen LogP contribution in [-0.4, -0.2) is 49.8 Å². The molecule has 1 aliphatic rings. The number of esters is 2. The van der Waals surface area contributed by atoms with Crippen molar-refractivity contribution in [3.63, 3.8) is 0 Å². The van der Waals surface area contributed by atoms with Crippen molar-refractivity contribution in [3.05, 3.63) is 60.4 Å². The van der Waals surface area contributed by atoms with E-state index in [-0.39, 0.29) is 17.9 Å². The maximum Gasteiger partial charge on any atom is 0.459 e. The predicted molar refractivity (Wildman–Crippen MR) is 129 cm³/mol. The molecule has 2 aromatic rings. The van der Waals surface area contributed by atoms with Crippen molar-refractivity contribution in [2.24, 2.45) is 11.7 Å². The Morgan fingerprint density at radius 1 is 1.19 bits per heavy atom. The molecule has 1 fully saturated rings. The molecule has 13 heteroatoms. The van der Waals surface area contributed by atoms with Crippen LogP contribution in [0, 0.1) is 5.92 Å². The zero-order valence-electron chi connectivity index (χ0n) is 20.9. The normalized spacial score (nSPS) is 23.5. The van der Waals surface area contributed by atoms with E-state index >= 15 is 0 Å². The van der Waals surface area contributed by atoms with Gasteiger partial charge in [0.25, 0.3) is 5.91 Å². The highest BCUT2D eigenvalue weighted by Crippen LogP contribution is 2.46. The maximum atomic E-state index is 13.6. The molecular formula is C24H31N3O9P+. The number of aromatic nitrogens is 1. The largest absolute Gasteiger partial charge is 0.468 e. The zero-order chi connectivity index (χ0) is 27.2. The van der Waals surface area contributed by atoms with Gasteiger partial charge in [-0.25, -0.2) is 4.57 Å². The van der Waals surface area contributed by atoms with E-state index in [4.69, 9.17) is 29.0 Å². The van der Waals surface area contributed by atoms with Crippen LogP contribution >= 0.6 is 7.75 Å². The molecule has 1 unspecified atom stereocenters. The number of nitrogens with one attached hydrogen (secondary N) is 1. The fourth-order valence-corrected chi connectivity index (χ4v) is 5.29. The van der Waals surface area contributed by atoms with Gasteiger partial charge in [0, 0.05) is 18.9 Å². The van der Waals surface area contributed by atoms with E-state index < -0.39 is 56.0 Å². The maximum absolute atomic E-state index is 13.6. The second-order valence-corrected chi connectivity index (χ2v) is 10.2. The Hall–Kier alpha value is -3.31. The van der Waals surface area contributed by atoms with Crippen molar-refractivity contribution < 1.29 is 46.8 Å². The average molecular weight is 536 g/mol. The van der Waals surface area contributed by atoms with Gasteiger partial charge in [0.1, 0.15) is 17.4 Å². The predicted octanol–water partition coefficient (Wildman–Crippen LogP) is 1.89. The highest BCUT2D eigenvalue weighted by Gasteiger charge is 2.50. The molecule has 1 aromatic heterocycles. The van der Waals surface area contributed by atoms with Crippen LogP contribution in [0.25, 0.3) is 0 Å². The number of pyridine rings is 1. The van der Waals surface area contributed by atoms with Crippen LogP contribution < -0.4 is 19.9 Å². The van der Waals surface area contributed by atoms with Crippen LogP contribution in [0.3, 0.4) is 0 Å². The summed E-state index contributed by atoms with van der Waals surface area (Å²) in [7, 11) is -2.90. The molecule has 200 valence electrons. The molecule has 1 amide bonds. The number of hydrogen-bond donors (Lipinski definition) is 2. The van der Waals surface area contributed by atoms with Gasteiger partial charge in [-0.3, -0.25) is 18.9 Å². The summed E-state index contributed by atoms with van der Waals surface area (Å²) in [5, 5.41) is 2.58. The number of rotatable bonds is 11. The van der Waals surface area contributed by atoms with Crippen LogP contribution in [0.4, 0.5) is 0 Å². The van der Waals surface area contributed by atoms with Gasteiger partial charge in [-0.2, -0.15) is 9.65 Å². The van der Waals surface area contributed by atoms with Gasteiger partial charge in [-0.1, -0.05) is 25.1 Å². The number of nitrogens with zero attached hydrogens (tertiary/aromatic N) is 1. The summed E-state index contributed by atoms with van der Waals surface area (Å²) in [6.07, 6.45) is 0.857. The molecule has 6 atom stereocenters. The number of benzene rings is 1. The lowest BCUT2D eigenvalue weighted by atomic mass is 10.0. The smallest absolute Gasteiger partial charge is 0.459 e. The monoisotopic (exact) mass is 536 g/mol. The third kappa shape index (κ3) is 7.36. The molecule has 1 saturated heterocycles. The third-order valence-corrected chi connectivity index (χ3v) is 7.33. The number of hydrogen-bond acceptors (Lipinski definition) is 9. The topological polar surface area (TPSA) is 156 Å². The number of nitrogens with two attached hydrogens (primary N) is 1. The van der Waals surface area contributed by atoms with E-state index in [0.717, 1.165) is 0 Å². The Morgan fingerprint density at radius 2 is 1.89 bits per heavy atom. The third-order valence-electron chi connectivity index (χ3n) is 5.69. The lowest BCUT2D eigenvalue weighted by Crippen LogP contribution is -2.46. The van der Waals surface area contributed by atoms with Gasteiger partial charge in [0.05, 0.1) is 19.8 Å². The Balaban J connectivity index is 1.82. The SMILES string of the molecule is COC(=O)[C@H](C)NP(=O)(OC[C@H]1O[C@@H]([n+]2cccc(C(N)=O)c2)[C@H](OC(C)=O)[C@@H]1C)Oc1ccccc1. The van der Waals surface area contributed by atoms with Crippen molar-refractivity contribution in [2.75, 3.05) is 13.7 Å². The average Bonchev–Trinajstić information content (AvgIpc) is 3.17. The van der Waals surface area contributed by atoms with E-state index in [1.54, 1.807) is 60.2 Å². The highest BCUT2D eigenvalue weighted by molar-refractivity contribution is 7.52. The minimum absolute atomic E-state index is 0.238. The number of amides is 1. The van der Waals surface area contributed by atoms with Crippen LogP contribution in [-0.2, 0) is 32.9 Å². The summed E-state index contributed by atoms with van der Waals surface area (Å²) < 4.78 is 42.9. The standard InChI is InChI=1S/C24H30N3O9P/c1-15-20(35-23(21(15)34-17(3)28)27-12-8-9-18(13-27)22(25)29)14-33-37(31,26-16(2)24(30)32-4)36-19-10-6-5-7-11-19/h5-13,15-16,20-21,23H,14H2,1-4H3,(H2-,25,26,29,31)/p+1/t15-,16+,20-,21-,23-,37?/m1/s1. The minimum Gasteiger partial charge on any atom is -0.468 e. The number of ether oxygens (including phenoxy) is 3. The Labute approximate surface area is 214 Å². The number of carbonyl (C=O) groups excluding carboxylic acids is 3. The fraction of sp³-hybridized carbons (Fsp3) is 0.417. The van der Waals surface area contributed by atoms with Gasteiger partial charge >= 0.3 is 25.9 Å². The molecule has 3 rings (SSSR count). The Bertz CT molecular complexity index is 1160. The lowest BCUT2D eigenvalue weighted by molar-refractivity contribution is -0.765. The summed E-state index contributed by atoms with van der Waals surface area (Å²) in [5.41, 5.74) is 5.64. The number of carbonyl (C=O) groups is 3. The molecule has 0 radical (unpaired) electrons. The van der Waals surface area contributed by atoms with E-state index in [0.29, 0.717) is 0 Å². The van der Waals surface area contributed by atoms with Crippen molar-refractivity contribution in [1.29, 1.82) is 0 Å². The molecule has 3 N–H and O–H groups in total. The number of primary amides is 1.